The van der Waals surface area contributed by atoms with Crippen LogP contribution in [0.5, 0.6) is 0 Å². The summed E-state index contributed by atoms with van der Waals surface area (Å²) in [5.74, 6) is -0.725. The summed E-state index contributed by atoms with van der Waals surface area (Å²) in [4.78, 5) is 10.9. The van der Waals surface area contributed by atoms with Crippen LogP contribution in [-0.2, 0) is 4.79 Å². The molecule has 15 heavy (non-hydrogen) atoms. The summed E-state index contributed by atoms with van der Waals surface area (Å²) in [5.41, 5.74) is 5.89. The van der Waals surface area contributed by atoms with E-state index in [1.54, 1.807) is 0 Å². The Morgan fingerprint density at radius 3 is 2.33 bits per heavy atom. The van der Waals surface area contributed by atoms with E-state index in [2.05, 4.69) is 6.92 Å². The quantitative estimate of drug-likeness (QED) is 0.654. The van der Waals surface area contributed by atoms with Gasteiger partial charge in [0.15, 0.2) is 0 Å². The molecule has 3 N–H and O–H groups in total. The molecule has 0 radical (unpaired) electrons. The number of hydrogen-bond acceptors (Lipinski definition) is 2. The lowest BCUT2D eigenvalue weighted by Crippen LogP contribution is -2.42. The summed E-state index contributed by atoms with van der Waals surface area (Å²) in [6.45, 7) is 6.20. The van der Waals surface area contributed by atoms with Crippen LogP contribution < -0.4 is 5.73 Å². The summed E-state index contributed by atoms with van der Waals surface area (Å²) in [6, 6.07) is 0.00477. The van der Waals surface area contributed by atoms with Gasteiger partial charge in [-0.25, -0.2) is 0 Å². The second kappa shape index (κ2) is 6.83. The summed E-state index contributed by atoms with van der Waals surface area (Å²) in [7, 11) is 0. The van der Waals surface area contributed by atoms with E-state index in [1.807, 2.05) is 13.8 Å². The van der Waals surface area contributed by atoms with Crippen LogP contribution in [0.1, 0.15) is 59.3 Å². The van der Waals surface area contributed by atoms with Gasteiger partial charge in [0.05, 0.1) is 6.42 Å². The van der Waals surface area contributed by atoms with Crippen LogP contribution in [0.4, 0.5) is 0 Å². The first-order chi connectivity index (χ1) is 7.02. The fourth-order valence-corrected chi connectivity index (χ4v) is 2.23. The van der Waals surface area contributed by atoms with Crippen LogP contribution in [0.2, 0.25) is 0 Å². The predicted octanol–water partition coefficient (Wildman–Crippen LogP) is 2.79. The molecule has 90 valence electrons. The Hall–Kier alpha value is -0.570. The van der Waals surface area contributed by atoms with Crippen molar-refractivity contribution in [1.29, 1.82) is 0 Å². The van der Waals surface area contributed by atoms with Crippen LogP contribution in [0.3, 0.4) is 0 Å². The molecule has 0 rings (SSSR count). The number of unbranched alkanes of at least 4 members (excludes halogenated alkanes) is 1. The molecule has 0 amide bonds. The zero-order valence-electron chi connectivity index (χ0n) is 10.3. The van der Waals surface area contributed by atoms with Crippen molar-refractivity contribution >= 4 is 5.97 Å². The number of nitrogens with two attached hydrogens (primary N) is 1. The molecule has 2 atom stereocenters. The van der Waals surface area contributed by atoms with Crippen molar-refractivity contribution < 1.29 is 9.90 Å². The van der Waals surface area contributed by atoms with Gasteiger partial charge in [-0.15, -0.1) is 0 Å². The smallest absolute Gasteiger partial charge is 0.303 e. The highest BCUT2D eigenvalue weighted by Gasteiger charge is 2.35. The molecule has 0 aliphatic heterocycles. The summed E-state index contributed by atoms with van der Waals surface area (Å²) in [6.07, 6.45) is 5.01. The Morgan fingerprint density at radius 2 is 2.00 bits per heavy atom. The third-order valence-corrected chi connectivity index (χ3v) is 3.46. The van der Waals surface area contributed by atoms with Gasteiger partial charge in [0, 0.05) is 6.04 Å². The van der Waals surface area contributed by atoms with Gasteiger partial charge >= 0.3 is 5.97 Å². The first-order valence-corrected chi connectivity index (χ1v) is 5.99. The molecule has 0 saturated heterocycles. The van der Waals surface area contributed by atoms with E-state index >= 15 is 0 Å². The molecule has 3 heteroatoms. The average molecular weight is 215 g/mol. The van der Waals surface area contributed by atoms with E-state index in [1.165, 1.54) is 0 Å². The lowest BCUT2D eigenvalue weighted by molar-refractivity contribution is -0.140. The predicted molar refractivity (Wildman–Crippen MR) is 62.8 cm³/mol. The summed E-state index contributed by atoms with van der Waals surface area (Å²) < 4.78 is 0. The van der Waals surface area contributed by atoms with Gasteiger partial charge in [-0.05, 0) is 24.7 Å². The Balaban J connectivity index is 4.66. The Morgan fingerprint density at radius 1 is 1.40 bits per heavy atom. The van der Waals surface area contributed by atoms with E-state index in [9.17, 15) is 4.79 Å². The molecule has 0 aromatic carbocycles. The van der Waals surface area contributed by atoms with Gasteiger partial charge in [-0.3, -0.25) is 4.79 Å². The third kappa shape index (κ3) is 4.20. The Labute approximate surface area is 93.0 Å². The largest absolute Gasteiger partial charge is 0.481 e. The van der Waals surface area contributed by atoms with Crippen molar-refractivity contribution in [1.82, 2.24) is 0 Å². The molecule has 0 fully saturated rings. The van der Waals surface area contributed by atoms with Gasteiger partial charge in [0.1, 0.15) is 0 Å². The standard InChI is InChI=1S/C12H25NO2/c1-4-7-8-12(6-3,9-11(14)15)10(13)5-2/h10H,4-9,13H2,1-3H3,(H,14,15). The maximum absolute atomic E-state index is 10.9. The van der Waals surface area contributed by atoms with Gasteiger partial charge < -0.3 is 10.8 Å². The van der Waals surface area contributed by atoms with Gasteiger partial charge in [-0.2, -0.15) is 0 Å². The number of carboxylic acids is 1. The maximum atomic E-state index is 10.9. The van der Waals surface area contributed by atoms with Crippen molar-refractivity contribution in [2.24, 2.45) is 11.1 Å². The fraction of sp³-hybridized carbons (Fsp3) is 0.917. The van der Waals surface area contributed by atoms with Crippen molar-refractivity contribution in [3.63, 3.8) is 0 Å². The lowest BCUT2D eigenvalue weighted by atomic mass is 9.71. The molecule has 0 spiro atoms. The minimum atomic E-state index is -0.725. The van der Waals surface area contributed by atoms with Crippen LogP contribution in [-0.4, -0.2) is 17.1 Å². The molecule has 3 nitrogen and oxygen atoms in total. The number of rotatable bonds is 8. The molecule has 0 aromatic rings. The molecule has 0 aliphatic carbocycles. The van der Waals surface area contributed by atoms with Crippen LogP contribution in [0.15, 0.2) is 0 Å². The second-order valence-corrected chi connectivity index (χ2v) is 4.40. The molecular formula is C12H25NO2. The van der Waals surface area contributed by atoms with Crippen molar-refractivity contribution in [2.45, 2.75) is 65.3 Å². The van der Waals surface area contributed by atoms with E-state index in [4.69, 9.17) is 10.8 Å². The van der Waals surface area contributed by atoms with Crippen LogP contribution in [0, 0.1) is 5.41 Å². The van der Waals surface area contributed by atoms with Crippen molar-refractivity contribution in [3.05, 3.63) is 0 Å². The fourth-order valence-electron chi connectivity index (χ4n) is 2.23. The Kier molecular flexibility index (Phi) is 6.57. The number of hydrogen-bond donors (Lipinski definition) is 2. The van der Waals surface area contributed by atoms with Gasteiger partial charge in [0.25, 0.3) is 0 Å². The van der Waals surface area contributed by atoms with Crippen LogP contribution >= 0.6 is 0 Å². The van der Waals surface area contributed by atoms with E-state index in [-0.39, 0.29) is 17.9 Å². The number of carboxylic acid groups (broad SMARTS) is 1. The summed E-state index contributed by atoms with van der Waals surface area (Å²) in [5, 5.41) is 8.97. The summed E-state index contributed by atoms with van der Waals surface area (Å²) >= 11 is 0. The highest BCUT2D eigenvalue weighted by Crippen LogP contribution is 2.36. The van der Waals surface area contributed by atoms with E-state index in [0.717, 1.165) is 32.1 Å². The SMILES string of the molecule is CCCCC(CC)(CC(=O)O)C(N)CC. The molecule has 0 heterocycles. The normalized spacial score (nSPS) is 17.1. The zero-order chi connectivity index (χ0) is 11.9. The minimum Gasteiger partial charge on any atom is -0.481 e. The molecule has 0 bridgehead atoms. The topological polar surface area (TPSA) is 63.3 Å². The highest BCUT2D eigenvalue weighted by molar-refractivity contribution is 5.67. The molecule has 2 unspecified atom stereocenters. The van der Waals surface area contributed by atoms with Gasteiger partial charge in [0.2, 0.25) is 0 Å². The van der Waals surface area contributed by atoms with E-state index in [0.29, 0.717) is 0 Å². The first kappa shape index (κ1) is 14.4. The maximum Gasteiger partial charge on any atom is 0.303 e. The third-order valence-electron chi connectivity index (χ3n) is 3.46. The van der Waals surface area contributed by atoms with Crippen molar-refractivity contribution in [3.8, 4) is 0 Å². The minimum absolute atomic E-state index is 0.00477. The molecule has 0 saturated carbocycles. The molecular weight excluding hydrogens is 190 g/mol. The highest BCUT2D eigenvalue weighted by atomic mass is 16.4. The number of carbonyl (C=O) groups is 1. The zero-order valence-corrected chi connectivity index (χ0v) is 10.3. The van der Waals surface area contributed by atoms with Crippen LogP contribution in [0.25, 0.3) is 0 Å². The average Bonchev–Trinajstić information content (AvgIpc) is 2.22. The Bertz CT molecular complexity index is 194. The number of aliphatic carboxylic acids is 1. The van der Waals surface area contributed by atoms with Crippen molar-refractivity contribution in [2.75, 3.05) is 0 Å². The van der Waals surface area contributed by atoms with E-state index < -0.39 is 5.97 Å². The molecule has 0 aromatic heterocycles. The molecule has 0 aliphatic rings. The first-order valence-electron chi connectivity index (χ1n) is 5.99. The van der Waals surface area contributed by atoms with Gasteiger partial charge in [-0.1, -0.05) is 33.6 Å². The second-order valence-electron chi connectivity index (χ2n) is 4.40. The lowest BCUT2D eigenvalue weighted by Gasteiger charge is -2.37. The monoisotopic (exact) mass is 215 g/mol.